The smallest absolute Gasteiger partial charge is 0.337 e. The SMILES string of the molecule is CCOC(=O)C1=C(CN2CCCCC2C(=O)N2CCCC2)NC(=O)NC1. The van der Waals surface area contributed by atoms with E-state index in [0.29, 0.717) is 17.8 Å². The number of ether oxygens (including phenoxy) is 1. The van der Waals surface area contributed by atoms with Gasteiger partial charge in [-0.3, -0.25) is 9.69 Å². The summed E-state index contributed by atoms with van der Waals surface area (Å²) in [4.78, 5) is 40.9. The summed E-state index contributed by atoms with van der Waals surface area (Å²) in [5.74, 6) is -0.241. The largest absolute Gasteiger partial charge is 0.463 e. The van der Waals surface area contributed by atoms with Crippen molar-refractivity contribution in [2.24, 2.45) is 0 Å². The van der Waals surface area contributed by atoms with E-state index in [1.54, 1.807) is 6.92 Å². The maximum atomic E-state index is 12.9. The number of likely N-dealkylation sites (tertiary alicyclic amines) is 2. The number of carbonyl (C=O) groups is 3. The van der Waals surface area contributed by atoms with Crippen LogP contribution >= 0.6 is 0 Å². The molecule has 144 valence electrons. The molecule has 2 saturated heterocycles. The van der Waals surface area contributed by atoms with Gasteiger partial charge < -0.3 is 20.3 Å². The van der Waals surface area contributed by atoms with E-state index < -0.39 is 5.97 Å². The standard InChI is InChI=1S/C18H28N4O4/c1-2-26-17(24)13-11-19-18(25)20-14(13)12-22-10-4-3-7-15(22)16(23)21-8-5-6-9-21/h15H,2-12H2,1H3,(H2,19,20,25). The molecule has 26 heavy (non-hydrogen) atoms. The third kappa shape index (κ3) is 4.17. The van der Waals surface area contributed by atoms with Crippen molar-refractivity contribution in [1.82, 2.24) is 20.4 Å². The third-order valence-electron chi connectivity index (χ3n) is 5.25. The van der Waals surface area contributed by atoms with Gasteiger partial charge in [0.2, 0.25) is 5.91 Å². The highest BCUT2D eigenvalue weighted by Crippen LogP contribution is 2.23. The number of carbonyl (C=O) groups excluding carboxylic acids is 3. The van der Waals surface area contributed by atoms with E-state index in [1.807, 2.05) is 4.90 Å². The molecule has 0 aromatic heterocycles. The number of urea groups is 1. The maximum Gasteiger partial charge on any atom is 0.337 e. The Bertz CT molecular complexity index is 598. The van der Waals surface area contributed by atoms with E-state index in [0.717, 1.165) is 51.7 Å². The van der Waals surface area contributed by atoms with Gasteiger partial charge in [0.05, 0.1) is 24.8 Å². The molecular weight excluding hydrogens is 336 g/mol. The van der Waals surface area contributed by atoms with Crippen molar-refractivity contribution < 1.29 is 19.1 Å². The second kappa shape index (κ2) is 8.53. The molecule has 3 aliphatic heterocycles. The fourth-order valence-electron chi connectivity index (χ4n) is 3.89. The van der Waals surface area contributed by atoms with Gasteiger partial charge >= 0.3 is 12.0 Å². The molecule has 1 unspecified atom stereocenters. The minimum Gasteiger partial charge on any atom is -0.463 e. The van der Waals surface area contributed by atoms with Gasteiger partial charge in [0.1, 0.15) is 0 Å². The van der Waals surface area contributed by atoms with Gasteiger partial charge in [-0.25, -0.2) is 9.59 Å². The van der Waals surface area contributed by atoms with Crippen molar-refractivity contribution in [3.8, 4) is 0 Å². The molecule has 3 amide bonds. The first-order valence-electron chi connectivity index (χ1n) is 9.57. The Labute approximate surface area is 153 Å². The van der Waals surface area contributed by atoms with Crippen molar-refractivity contribution >= 4 is 17.9 Å². The zero-order valence-corrected chi connectivity index (χ0v) is 15.4. The summed E-state index contributed by atoms with van der Waals surface area (Å²) >= 11 is 0. The molecule has 2 fully saturated rings. The van der Waals surface area contributed by atoms with Crippen molar-refractivity contribution in [3.63, 3.8) is 0 Å². The lowest BCUT2D eigenvalue weighted by atomic mass is 10.00. The number of hydrogen-bond donors (Lipinski definition) is 2. The van der Waals surface area contributed by atoms with E-state index in [9.17, 15) is 14.4 Å². The molecule has 3 aliphatic rings. The van der Waals surface area contributed by atoms with Crippen molar-refractivity contribution in [3.05, 3.63) is 11.3 Å². The molecule has 3 rings (SSSR count). The van der Waals surface area contributed by atoms with E-state index in [-0.39, 0.29) is 31.1 Å². The van der Waals surface area contributed by atoms with Gasteiger partial charge in [0, 0.05) is 25.3 Å². The normalized spacial score (nSPS) is 24.3. The molecule has 0 bridgehead atoms. The van der Waals surface area contributed by atoms with Crippen LogP contribution < -0.4 is 10.6 Å². The molecule has 0 radical (unpaired) electrons. The highest BCUT2D eigenvalue weighted by molar-refractivity contribution is 5.93. The second-order valence-electron chi connectivity index (χ2n) is 7.00. The number of nitrogens with one attached hydrogen (secondary N) is 2. The average Bonchev–Trinajstić information content (AvgIpc) is 3.16. The lowest BCUT2D eigenvalue weighted by Crippen LogP contribution is -2.53. The zero-order valence-electron chi connectivity index (χ0n) is 15.4. The summed E-state index contributed by atoms with van der Waals surface area (Å²) in [5.41, 5.74) is 0.984. The van der Waals surface area contributed by atoms with Gasteiger partial charge in [-0.15, -0.1) is 0 Å². The first-order valence-corrected chi connectivity index (χ1v) is 9.57. The first kappa shape index (κ1) is 18.7. The van der Waals surface area contributed by atoms with Crippen LogP contribution in [0.1, 0.15) is 39.0 Å². The first-order chi connectivity index (χ1) is 12.6. The van der Waals surface area contributed by atoms with Gasteiger partial charge in [-0.05, 0) is 39.2 Å². The van der Waals surface area contributed by atoms with Crippen molar-refractivity contribution in [2.75, 3.05) is 39.3 Å². The van der Waals surface area contributed by atoms with Crippen LogP contribution in [0.5, 0.6) is 0 Å². The van der Waals surface area contributed by atoms with Crippen LogP contribution in [0.25, 0.3) is 0 Å². The predicted molar refractivity (Wildman–Crippen MR) is 95.2 cm³/mol. The number of rotatable bonds is 5. The molecule has 0 saturated carbocycles. The minimum atomic E-state index is -0.422. The molecule has 8 heteroatoms. The van der Waals surface area contributed by atoms with E-state index >= 15 is 0 Å². The Morgan fingerprint density at radius 1 is 1.15 bits per heavy atom. The molecular formula is C18H28N4O4. The molecule has 0 aromatic rings. The molecule has 0 spiro atoms. The molecule has 0 aromatic carbocycles. The van der Waals surface area contributed by atoms with E-state index in [4.69, 9.17) is 4.74 Å². The third-order valence-corrected chi connectivity index (χ3v) is 5.25. The van der Waals surface area contributed by atoms with Gasteiger partial charge in [-0.1, -0.05) is 6.42 Å². The molecule has 2 N–H and O–H groups in total. The maximum absolute atomic E-state index is 12.9. The summed E-state index contributed by atoms with van der Waals surface area (Å²) in [6.45, 7) is 5.02. The van der Waals surface area contributed by atoms with Crippen LogP contribution in [0.15, 0.2) is 11.3 Å². The Morgan fingerprint density at radius 3 is 2.62 bits per heavy atom. The number of esters is 1. The van der Waals surface area contributed by atoms with Crippen LogP contribution in [0.4, 0.5) is 4.79 Å². The number of amides is 3. The van der Waals surface area contributed by atoms with Gasteiger partial charge in [-0.2, -0.15) is 0 Å². The monoisotopic (exact) mass is 364 g/mol. The van der Waals surface area contributed by atoms with Crippen LogP contribution in [0.2, 0.25) is 0 Å². The van der Waals surface area contributed by atoms with Crippen LogP contribution in [0.3, 0.4) is 0 Å². The Hall–Kier alpha value is -2.09. The highest BCUT2D eigenvalue weighted by atomic mass is 16.5. The molecule has 0 aliphatic carbocycles. The summed E-state index contributed by atoms with van der Waals surface area (Å²) in [6, 6.07) is -0.503. The van der Waals surface area contributed by atoms with Crippen LogP contribution in [-0.4, -0.2) is 73.1 Å². The summed E-state index contributed by atoms with van der Waals surface area (Å²) in [7, 11) is 0. The van der Waals surface area contributed by atoms with E-state index in [1.165, 1.54) is 0 Å². The summed E-state index contributed by atoms with van der Waals surface area (Å²) in [6.07, 6.45) is 5.00. The van der Waals surface area contributed by atoms with Gasteiger partial charge in [0.25, 0.3) is 0 Å². The Morgan fingerprint density at radius 2 is 1.88 bits per heavy atom. The molecule has 1 atom stereocenters. The molecule has 3 heterocycles. The zero-order chi connectivity index (χ0) is 18.5. The van der Waals surface area contributed by atoms with Crippen molar-refractivity contribution in [1.29, 1.82) is 0 Å². The highest BCUT2D eigenvalue weighted by Gasteiger charge is 2.35. The number of nitrogens with zero attached hydrogens (tertiary/aromatic N) is 2. The van der Waals surface area contributed by atoms with E-state index in [2.05, 4.69) is 15.5 Å². The number of piperidine rings is 1. The minimum absolute atomic E-state index is 0.151. The predicted octanol–water partition coefficient (Wildman–Crippen LogP) is 0.593. The number of hydrogen-bond acceptors (Lipinski definition) is 5. The second-order valence-corrected chi connectivity index (χ2v) is 7.00. The van der Waals surface area contributed by atoms with Crippen molar-refractivity contribution in [2.45, 2.75) is 45.1 Å². The lowest BCUT2D eigenvalue weighted by molar-refractivity contribution is -0.138. The quantitative estimate of drug-likeness (QED) is 0.697. The summed E-state index contributed by atoms with van der Waals surface area (Å²) < 4.78 is 5.11. The van der Waals surface area contributed by atoms with Crippen LogP contribution in [-0.2, 0) is 14.3 Å². The molecule has 8 nitrogen and oxygen atoms in total. The van der Waals surface area contributed by atoms with Crippen LogP contribution in [0, 0.1) is 0 Å². The topological polar surface area (TPSA) is 91.0 Å². The lowest BCUT2D eigenvalue weighted by Gasteiger charge is -2.38. The summed E-state index contributed by atoms with van der Waals surface area (Å²) in [5, 5.41) is 5.36. The Balaban J connectivity index is 1.76. The Kier molecular flexibility index (Phi) is 6.13. The fraction of sp³-hybridized carbons (Fsp3) is 0.722. The average molecular weight is 364 g/mol. The van der Waals surface area contributed by atoms with Gasteiger partial charge in [0.15, 0.2) is 0 Å². The fourth-order valence-corrected chi connectivity index (χ4v) is 3.89.